The number of esters is 1. The lowest BCUT2D eigenvalue weighted by molar-refractivity contribution is -0.148. The first-order valence-corrected chi connectivity index (χ1v) is 8.67. The van der Waals surface area contributed by atoms with Gasteiger partial charge in [0.2, 0.25) is 0 Å². The predicted octanol–water partition coefficient (Wildman–Crippen LogP) is 1.29. The quantitative estimate of drug-likeness (QED) is 0.794. The molecule has 2 heterocycles. The van der Waals surface area contributed by atoms with Gasteiger partial charge in [-0.15, -0.1) is 11.8 Å². The van der Waals surface area contributed by atoms with E-state index in [0.717, 1.165) is 12.2 Å². The Hall–Kier alpha value is -0.0700. The Morgan fingerprint density at radius 3 is 2.89 bits per heavy atom. The molecule has 0 saturated carbocycles. The van der Waals surface area contributed by atoms with Gasteiger partial charge in [-0.05, 0) is 31.9 Å². The third-order valence-corrected chi connectivity index (χ3v) is 8.70. The molecule has 2 fully saturated rings. The van der Waals surface area contributed by atoms with Crippen LogP contribution in [0.5, 0.6) is 0 Å². The predicted molar refractivity (Wildman–Crippen MR) is 72.8 cm³/mol. The molecule has 104 valence electrons. The van der Waals surface area contributed by atoms with E-state index < -0.39 is 26.4 Å². The van der Waals surface area contributed by atoms with Gasteiger partial charge in [-0.2, -0.15) is 0 Å². The van der Waals surface area contributed by atoms with Gasteiger partial charge >= 0.3 is 5.97 Å². The number of carbonyl (C=O) groups excluding carboxylic acids is 1. The number of hydrogen-bond acceptors (Lipinski definition) is 5. The zero-order valence-corrected chi connectivity index (χ0v) is 12.4. The Kier molecular flexibility index (Phi) is 4.09. The number of carbonyl (C=O) groups is 1. The molecule has 6 heteroatoms. The highest BCUT2D eigenvalue weighted by atomic mass is 32.2. The second-order valence-electron chi connectivity index (χ2n) is 5.01. The summed E-state index contributed by atoms with van der Waals surface area (Å²) in [4.78, 5) is 11.7. The van der Waals surface area contributed by atoms with Crippen LogP contribution < -0.4 is 0 Å². The molecule has 0 aromatic carbocycles. The molecule has 2 rings (SSSR count). The molecule has 0 radical (unpaired) electrons. The van der Waals surface area contributed by atoms with Crippen LogP contribution in [0.1, 0.15) is 33.1 Å². The van der Waals surface area contributed by atoms with Crippen LogP contribution in [0.15, 0.2) is 0 Å². The van der Waals surface area contributed by atoms with E-state index in [-0.39, 0.29) is 5.97 Å². The summed E-state index contributed by atoms with van der Waals surface area (Å²) in [6, 6.07) is 0. The van der Waals surface area contributed by atoms with Crippen molar-refractivity contribution in [3.63, 3.8) is 0 Å². The zero-order valence-electron chi connectivity index (χ0n) is 10.8. The van der Waals surface area contributed by atoms with Crippen LogP contribution in [0.2, 0.25) is 0 Å². The minimum atomic E-state index is -1.27. The van der Waals surface area contributed by atoms with E-state index in [4.69, 9.17) is 4.74 Å². The lowest BCUT2D eigenvalue weighted by Gasteiger charge is -2.47. The van der Waals surface area contributed by atoms with Crippen LogP contribution >= 0.6 is 11.8 Å². The van der Waals surface area contributed by atoms with Crippen molar-refractivity contribution in [2.75, 3.05) is 18.1 Å². The van der Waals surface area contributed by atoms with Crippen molar-refractivity contribution in [2.24, 2.45) is 5.92 Å². The molecule has 2 aliphatic rings. The fourth-order valence-electron chi connectivity index (χ4n) is 2.93. The second kappa shape index (κ2) is 5.13. The molecule has 0 amide bonds. The summed E-state index contributed by atoms with van der Waals surface area (Å²) in [7, 11) is -1.11. The standard InChI is InChI=1S/C12H20O4S2/c1-3-12(17-7-4-8-18(12)15)11(2,14)9-5-6-16-10(9)13/h9,14H,3-8H2,1-2H3/t9-,11-,12+,18+/m0/s1. The van der Waals surface area contributed by atoms with Gasteiger partial charge in [0.15, 0.2) is 0 Å². The maximum Gasteiger partial charge on any atom is 0.312 e. The van der Waals surface area contributed by atoms with Gasteiger partial charge in [-0.3, -0.25) is 9.00 Å². The topological polar surface area (TPSA) is 63.6 Å². The molecule has 0 bridgehead atoms. The molecule has 2 aliphatic heterocycles. The van der Waals surface area contributed by atoms with Gasteiger partial charge in [0.1, 0.15) is 9.68 Å². The smallest absolute Gasteiger partial charge is 0.312 e. The largest absolute Gasteiger partial charge is 0.465 e. The monoisotopic (exact) mass is 292 g/mol. The van der Waals surface area contributed by atoms with Gasteiger partial charge in [0.25, 0.3) is 0 Å². The van der Waals surface area contributed by atoms with Crippen molar-refractivity contribution in [1.29, 1.82) is 0 Å². The van der Waals surface area contributed by atoms with E-state index in [1.165, 1.54) is 0 Å². The Labute approximate surface area is 114 Å². The maximum atomic E-state index is 12.4. The minimum Gasteiger partial charge on any atom is -0.465 e. The van der Waals surface area contributed by atoms with E-state index in [1.807, 2.05) is 6.92 Å². The highest BCUT2D eigenvalue weighted by Crippen LogP contribution is 2.50. The highest BCUT2D eigenvalue weighted by Gasteiger charge is 2.59. The zero-order chi connectivity index (χ0) is 13.4. The first-order valence-electron chi connectivity index (χ1n) is 6.37. The molecule has 0 aliphatic carbocycles. The molecule has 0 spiro atoms. The maximum absolute atomic E-state index is 12.4. The van der Waals surface area contributed by atoms with Gasteiger partial charge in [0, 0.05) is 16.6 Å². The van der Waals surface area contributed by atoms with Crippen molar-refractivity contribution >= 4 is 28.5 Å². The van der Waals surface area contributed by atoms with Crippen LogP contribution in [0.4, 0.5) is 0 Å². The lowest BCUT2D eigenvalue weighted by atomic mass is 9.83. The Morgan fingerprint density at radius 1 is 1.67 bits per heavy atom. The Morgan fingerprint density at radius 2 is 2.39 bits per heavy atom. The molecule has 0 unspecified atom stereocenters. The normalized spacial score (nSPS) is 40.3. The first-order chi connectivity index (χ1) is 8.45. The molecule has 0 aromatic heterocycles. The third-order valence-electron chi connectivity index (χ3n) is 4.03. The number of thioether (sulfide) groups is 1. The molecular weight excluding hydrogens is 272 g/mol. The lowest BCUT2D eigenvalue weighted by Crippen LogP contribution is -2.59. The van der Waals surface area contributed by atoms with Crippen molar-refractivity contribution in [2.45, 2.75) is 42.8 Å². The SMILES string of the molecule is CC[C@@]1([C@@](C)(O)[C@H]2CCOC2=O)SCCC[S@]1=O. The van der Waals surface area contributed by atoms with Crippen molar-refractivity contribution in [1.82, 2.24) is 0 Å². The Balaban J connectivity index is 2.35. The molecule has 4 nitrogen and oxygen atoms in total. The van der Waals surface area contributed by atoms with E-state index >= 15 is 0 Å². The van der Waals surface area contributed by atoms with Gasteiger partial charge in [-0.1, -0.05) is 6.92 Å². The fraction of sp³-hybridized carbons (Fsp3) is 0.917. The molecule has 18 heavy (non-hydrogen) atoms. The minimum absolute atomic E-state index is 0.351. The van der Waals surface area contributed by atoms with Crippen molar-refractivity contribution in [3.05, 3.63) is 0 Å². The molecule has 0 aromatic rings. The fourth-order valence-corrected chi connectivity index (χ4v) is 7.05. The van der Waals surface area contributed by atoms with E-state index in [2.05, 4.69) is 0 Å². The van der Waals surface area contributed by atoms with E-state index in [0.29, 0.717) is 25.2 Å². The van der Waals surface area contributed by atoms with Crippen LogP contribution in [0, 0.1) is 5.92 Å². The molecular formula is C12H20O4S2. The van der Waals surface area contributed by atoms with Crippen molar-refractivity contribution < 1.29 is 18.8 Å². The number of cyclic esters (lactones) is 1. The number of hydrogen-bond donors (Lipinski definition) is 1. The number of aliphatic hydroxyl groups is 1. The number of ether oxygens (including phenoxy) is 1. The average Bonchev–Trinajstić information content (AvgIpc) is 2.76. The van der Waals surface area contributed by atoms with E-state index in [9.17, 15) is 14.1 Å². The molecule has 1 N–H and O–H groups in total. The summed E-state index contributed by atoms with van der Waals surface area (Å²) in [6.07, 6.45) is 2.02. The van der Waals surface area contributed by atoms with Crippen LogP contribution in [0.3, 0.4) is 0 Å². The average molecular weight is 292 g/mol. The Bertz CT molecular complexity index is 369. The summed E-state index contributed by atoms with van der Waals surface area (Å²) in [5, 5.41) is 10.9. The molecule has 2 saturated heterocycles. The van der Waals surface area contributed by atoms with Crippen LogP contribution in [-0.2, 0) is 20.3 Å². The number of rotatable bonds is 3. The first kappa shape index (κ1) is 14.3. The summed E-state index contributed by atoms with van der Waals surface area (Å²) in [6.45, 7) is 3.95. The summed E-state index contributed by atoms with van der Waals surface area (Å²) in [5.74, 6) is 0.596. The van der Waals surface area contributed by atoms with E-state index in [1.54, 1.807) is 18.7 Å². The second-order valence-corrected chi connectivity index (χ2v) is 8.46. The van der Waals surface area contributed by atoms with Gasteiger partial charge in [-0.25, -0.2) is 0 Å². The highest BCUT2D eigenvalue weighted by molar-refractivity contribution is 8.13. The van der Waals surface area contributed by atoms with Gasteiger partial charge in [0.05, 0.1) is 12.5 Å². The molecule has 4 atom stereocenters. The summed E-state index contributed by atoms with van der Waals surface area (Å²) in [5.41, 5.74) is -1.27. The van der Waals surface area contributed by atoms with Gasteiger partial charge < -0.3 is 9.84 Å². The summed E-state index contributed by atoms with van der Waals surface area (Å²) < 4.78 is 16.7. The van der Waals surface area contributed by atoms with Crippen molar-refractivity contribution in [3.8, 4) is 0 Å². The van der Waals surface area contributed by atoms with Crippen LogP contribution in [0.25, 0.3) is 0 Å². The van der Waals surface area contributed by atoms with Crippen LogP contribution in [-0.4, -0.2) is 43.1 Å². The third kappa shape index (κ3) is 2.02. The summed E-state index contributed by atoms with van der Waals surface area (Å²) >= 11 is 1.56.